The molecule has 1 aliphatic carbocycles. The van der Waals surface area contributed by atoms with Crippen molar-refractivity contribution in [2.45, 2.75) is 50.8 Å². The van der Waals surface area contributed by atoms with Crippen LogP contribution in [0.5, 0.6) is 0 Å². The number of halogens is 3. The maximum atomic E-state index is 13.2. The number of morpholine rings is 1. The van der Waals surface area contributed by atoms with Crippen LogP contribution in [0.15, 0.2) is 24.5 Å². The SMILES string of the molecule is Cc1ccc2c(n1)nc(N1CCO[C@H](c3cnn(C)c3)C1)nc2[C@H]1CC[C@@H](C(F)(F)F)CC1. The summed E-state index contributed by atoms with van der Waals surface area (Å²) >= 11 is 0. The van der Waals surface area contributed by atoms with Crippen molar-refractivity contribution < 1.29 is 17.9 Å². The van der Waals surface area contributed by atoms with Crippen LogP contribution in [-0.4, -0.2) is 50.6 Å². The fourth-order valence-electron chi connectivity index (χ4n) is 4.90. The Morgan fingerprint density at radius 3 is 2.55 bits per heavy atom. The standard InChI is InChI=1S/C23H27F3N6O/c1-14-3-8-18-20(15-4-6-17(7-5-15)23(24,25)26)29-22(30-21(18)28-14)32-9-10-33-19(13-32)16-11-27-31(2)12-16/h3,8,11-12,15,17,19H,4-7,9-10,13H2,1-2H3/t15-,17+,19-/m0/s1. The fourth-order valence-corrected chi connectivity index (χ4v) is 4.90. The molecule has 7 nitrogen and oxygen atoms in total. The third-order valence-electron chi connectivity index (χ3n) is 6.74. The highest BCUT2D eigenvalue weighted by atomic mass is 19.4. The van der Waals surface area contributed by atoms with Gasteiger partial charge in [-0.25, -0.2) is 9.97 Å². The lowest BCUT2D eigenvalue weighted by molar-refractivity contribution is -0.182. The first-order valence-electron chi connectivity index (χ1n) is 11.3. The van der Waals surface area contributed by atoms with Crippen molar-refractivity contribution in [2.24, 2.45) is 13.0 Å². The molecule has 1 saturated carbocycles. The minimum absolute atomic E-state index is 0.0347. The maximum Gasteiger partial charge on any atom is 0.391 e. The molecule has 10 heteroatoms. The average Bonchev–Trinajstić information content (AvgIpc) is 3.24. The number of ether oxygens (including phenoxy) is 1. The lowest BCUT2D eigenvalue weighted by Gasteiger charge is -2.34. The molecule has 5 rings (SSSR count). The quantitative estimate of drug-likeness (QED) is 0.574. The van der Waals surface area contributed by atoms with Gasteiger partial charge in [0, 0.05) is 42.4 Å². The number of aromatic nitrogens is 5. The topological polar surface area (TPSA) is 69.0 Å². The van der Waals surface area contributed by atoms with Gasteiger partial charge in [-0.3, -0.25) is 4.68 Å². The zero-order chi connectivity index (χ0) is 23.2. The van der Waals surface area contributed by atoms with E-state index in [0.29, 0.717) is 44.1 Å². The lowest BCUT2D eigenvalue weighted by Crippen LogP contribution is -2.39. The Balaban J connectivity index is 1.46. The summed E-state index contributed by atoms with van der Waals surface area (Å²) in [6.07, 6.45) is 0.649. The van der Waals surface area contributed by atoms with Gasteiger partial charge < -0.3 is 9.64 Å². The monoisotopic (exact) mass is 460 g/mol. The third-order valence-corrected chi connectivity index (χ3v) is 6.74. The third kappa shape index (κ3) is 4.53. The molecule has 0 amide bonds. The minimum Gasteiger partial charge on any atom is -0.370 e. The first kappa shape index (κ1) is 22.1. The Bertz CT molecular complexity index is 1140. The van der Waals surface area contributed by atoms with E-state index in [-0.39, 0.29) is 24.9 Å². The number of hydrogen-bond acceptors (Lipinski definition) is 6. The van der Waals surface area contributed by atoms with Crippen LogP contribution < -0.4 is 4.90 Å². The largest absolute Gasteiger partial charge is 0.391 e. The van der Waals surface area contributed by atoms with Gasteiger partial charge in [0.05, 0.1) is 31.0 Å². The summed E-state index contributed by atoms with van der Waals surface area (Å²) in [5, 5.41) is 5.07. The van der Waals surface area contributed by atoms with Crippen molar-refractivity contribution in [3.05, 3.63) is 41.5 Å². The molecule has 2 aliphatic rings. The highest BCUT2D eigenvalue weighted by Gasteiger charge is 2.42. The van der Waals surface area contributed by atoms with E-state index < -0.39 is 12.1 Å². The van der Waals surface area contributed by atoms with Crippen LogP contribution >= 0.6 is 0 Å². The normalized spacial score (nSPS) is 24.4. The molecule has 0 N–H and O–H groups in total. The predicted octanol–water partition coefficient (Wildman–Crippen LogP) is 4.48. The Morgan fingerprint density at radius 2 is 1.85 bits per heavy atom. The molecular formula is C23H27F3N6O. The highest BCUT2D eigenvalue weighted by Crippen LogP contribution is 2.44. The second-order valence-electron chi connectivity index (χ2n) is 9.08. The fraction of sp³-hybridized carbons (Fsp3) is 0.565. The second kappa shape index (κ2) is 8.55. The Morgan fingerprint density at radius 1 is 1.06 bits per heavy atom. The molecule has 3 aromatic heterocycles. The molecule has 0 aromatic carbocycles. The molecule has 0 spiro atoms. The van der Waals surface area contributed by atoms with Crippen molar-refractivity contribution in [3.8, 4) is 0 Å². The van der Waals surface area contributed by atoms with Crippen LogP contribution in [0.2, 0.25) is 0 Å². The van der Waals surface area contributed by atoms with E-state index in [1.807, 2.05) is 32.3 Å². The van der Waals surface area contributed by atoms with Crippen LogP contribution in [0, 0.1) is 12.8 Å². The van der Waals surface area contributed by atoms with Crippen molar-refractivity contribution in [3.63, 3.8) is 0 Å². The lowest BCUT2D eigenvalue weighted by atomic mass is 9.79. The van der Waals surface area contributed by atoms with Crippen molar-refractivity contribution >= 4 is 17.0 Å². The predicted molar refractivity (Wildman–Crippen MR) is 117 cm³/mol. The van der Waals surface area contributed by atoms with Gasteiger partial charge in [0.1, 0.15) is 6.10 Å². The van der Waals surface area contributed by atoms with E-state index >= 15 is 0 Å². The van der Waals surface area contributed by atoms with Gasteiger partial charge in [0.2, 0.25) is 5.95 Å². The summed E-state index contributed by atoms with van der Waals surface area (Å²) in [4.78, 5) is 16.4. The molecule has 1 aliphatic heterocycles. The van der Waals surface area contributed by atoms with E-state index in [4.69, 9.17) is 14.7 Å². The molecule has 0 unspecified atom stereocenters. The van der Waals surface area contributed by atoms with Gasteiger partial charge in [-0.1, -0.05) is 0 Å². The van der Waals surface area contributed by atoms with Crippen LogP contribution in [-0.2, 0) is 11.8 Å². The zero-order valence-corrected chi connectivity index (χ0v) is 18.7. The Labute approximate surface area is 190 Å². The van der Waals surface area contributed by atoms with Crippen LogP contribution in [0.4, 0.5) is 19.1 Å². The molecule has 2 fully saturated rings. The number of nitrogens with zero attached hydrogens (tertiary/aromatic N) is 6. The van der Waals surface area contributed by atoms with Gasteiger partial charge in [0.15, 0.2) is 5.65 Å². The van der Waals surface area contributed by atoms with Crippen LogP contribution in [0.3, 0.4) is 0 Å². The number of rotatable bonds is 3. The minimum atomic E-state index is -4.13. The number of hydrogen-bond donors (Lipinski definition) is 0. The summed E-state index contributed by atoms with van der Waals surface area (Å²) in [5.41, 5.74) is 3.24. The summed E-state index contributed by atoms with van der Waals surface area (Å²) in [5.74, 6) is -0.695. The highest BCUT2D eigenvalue weighted by molar-refractivity contribution is 5.79. The zero-order valence-electron chi connectivity index (χ0n) is 18.7. The van der Waals surface area contributed by atoms with Gasteiger partial charge in [0.25, 0.3) is 0 Å². The average molecular weight is 461 g/mol. The molecule has 0 radical (unpaired) electrons. The molecule has 1 saturated heterocycles. The molecule has 0 bridgehead atoms. The Kier molecular flexibility index (Phi) is 5.72. The van der Waals surface area contributed by atoms with Gasteiger partial charge in [-0.2, -0.15) is 23.3 Å². The van der Waals surface area contributed by atoms with Gasteiger partial charge in [-0.05, 0) is 44.7 Å². The first-order valence-corrected chi connectivity index (χ1v) is 11.3. The molecule has 3 aromatic rings. The second-order valence-corrected chi connectivity index (χ2v) is 9.08. The van der Waals surface area contributed by atoms with E-state index in [9.17, 15) is 13.2 Å². The summed E-state index contributed by atoms with van der Waals surface area (Å²) in [6.45, 7) is 3.63. The van der Waals surface area contributed by atoms with E-state index in [0.717, 1.165) is 22.3 Å². The van der Waals surface area contributed by atoms with Crippen LogP contribution in [0.25, 0.3) is 11.0 Å². The smallest absolute Gasteiger partial charge is 0.370 e. The van der Waals surface area contributed by atoms with Crippen molar-refractivity contribution in [1.29, 1.82) is 0 Å². The summed E-state index contributed by atoms with van der Waals surface area (Å²) in [6, 6.07) is 3.85. The number of pyridine rings is 1. The number of aryl methyl sites for hydroxylation is 2. The van der Waals surface area contributed by atoms with E-state index in [1.54, 1.807) is 10.9 Å². The van der Waals surface area contributed by atoms with Crippen molar-refractivity contribution in [1.82, 2.24) is 24.7 Å². The van der Waals surface area contributed by atoms with Crippen LogP contribution in [0.1, 0.15) is 54.7 Å². The van der Waals surface area contributed by atoms with E-state index in [2.05, 4.69) is 15.0 Å². The molecule has 176 valence electrons. The number of alkyl halides is 3. The van der Waals surface area contributed by atoms with E-state index in [1.165, 1.54) is 0 Å². The van der Waals surface area contributed by atoms with Gasteiger partial charge in [-0.15, -0.1) is 0 Å². The van der Waals surface area contributed by atoms with Crippen molar-refractivity contribution in [2.75, 3.05) is 24.6 Å². The first-order chi connectivity index (χ1) is 15.8. The maximum absolute atomic E-state index is 13.2. The number of anilines is 1. The molecule has 33 heavy (non-hydrogen) atoms. The summed E-state index contributed by atoms with van der Waals surface area (Å²) < 4.78 is 47.3. The number of fused-ring (bicyclic) bond motifs is 1. The Hall–Kier alpha value is -2.75. The molecular weight excluding hydrogens is 433 g/mol. The summed E-state index contributed by atoms with van der Waals surface area (Å²) in [7, 11) is 1.87. The molecule has 4 heterocycles. The van der Waals surface area contributed by atoms with Gasteiger partial charge >= 0.3 is 6.18 Å². The molecule has 1 atom stereocenters.